The van der Waals surface area contributed by atoms with Gasteiger partial charge in [-0.25, -0.2) is 0 Å². The molecule has 10 N–H and O–H groups in total. The van der Waals surface area contributed by atoms with Gasteiger partial charge < -0.3 is 89.0 Å². The molecule has 0 amide bonds. The highest BCUT2D eigenvalue weighted by Gasteiger charge is 2.70. The summed E-state index contributed by atoms with van der Waals surface area (Å²) >= 11 is 0. The highest BCUT2D eigenvalue weighted by Crippen LogP contribution is 2.71. The zero-order valence-corrected chi connectivity index (χ0v) is 36.5. The minimum Gasteiger partial charge on any atom is -0.394 e. The van der Waals surface area contributed by atoms with E-state index in [4.69, 9.17) is 37.9 Å². The molecule has 360 valence electrons. The molecule has 19 heteroatoms. The van der Waals surface area contributed by atoms with Gasteiger partial charge in [0.15, 0.2) is 24.7 Å². The molecule has 0 radical (unpaired) electrons. The minimum atomic E-state index is -1.64. The van der Waals surface area contributed by atoms with Gasteiger partial charge in [-0.1, -0.05) is 27.7 Å². The van der Waals surface area contributed by atoms with Gasteiger partial charge in [-0.15, -0.1) is 0 Å². The maximum Gasteiger partial charge on any atom is 0.186 e. The Balaban J connectivity index is 0.832. The zero-order chi connectivity index (χ0) is 45.1. The van der Waals surface area contributed by atoms with Crippen LogP contribution in [0.1, 0.15) is 79.1 Å². The van der Waals surface area contributed by atoms with Crippen LogP contribution >= 0.6 is 0 Å². The van der Waals surface area contributed by atoms with Gasteiger partial charge in [0.05, 0.1) is 44.7 Å². The molecule has 27 atom stereocenters. The standard InChI is InChI=1S/C44H70O19/c1-17-14-58-44(12-27(17)60-41-38(55)34(51)32(49)28(13-45)61-41)18(2)30-26(63-44)11-22-20-10-24(46)23-9-19(5-7-42(23,3)21(20)6-8-43(22,30)4)59-40-37(54)35(52)33(50)29(62-40)16-57-39-36(53)31(48)25(47)15-56-39/h17-23,25-41,45,47-55H,5-16H2,1-4H3. The van der Waals surface area contributed by atoms with E-state index in [1.165, 1.54) is 0 Å². The third-order valence-electron chi connectivity index (χ3n) is 17.8. The lowest BCUT2D eigenvalue weighted by Crippen LogP contribution is -2.61. The van der Waals surface area contributed by atoms with Crippen molar-refractivity contribution >= 4 is 5.78 Å². The number of aliphatic hydroxyl groups excluding tert-OH is 10. The van der Waals surface area contributed by atoms with Gasteiger partial charge in [0, 0.05) is 30.6 Å². The smallest absolute Gasteiger partial charge is 0.186 e. The minimum absolute atomic E-state index is 0.0186. The summed E-state index contributed by atoms with van der Waals surface area (Å²) in [6.07, 6.45) is -15.6. The van der Waals surface area contributed by atoms with Crippen molar-refractivity contribution in [2.45, 2.75) is 189 Å². The first kappa shape index (κ1) is 47.0. The van der Waals surface area contributed by atoms with Crippen molar-refractivity contribution in [3.05, 3.63) is 0 Å². The maximum absolute atomic E-state index is 14.4. The third kappa shape index (κ3) is 7.78. The molecule has 5 saturated heterocycles. The Bertz CT molecular complexity index is 1640. The molecule has 9 fully saturated rings. The van der Waals surface area contributed by atoms with E-state index < -0.39 is 111 Å². The van der Waals surface area contributed by atoms with Crippen LogP contribution in [-0.4, -0.2) is 193 Å². The van der Waals surface area contributed by atoms with Gasteiger partial charge in [0.25, 0.3) is 0 Å². The van der Waals surface area contributed by atoms with Gasteiger partial charge >= 0.3 is 0 Å². The molecule has 9 aliphatic rings. The van der Waals surface area contributed by atoms with Crippen molar-refractivity contribution in [1.82, 2.24) is 0 Å². The van der Waals surface area contributed by atoms with Crippen LogP contribution in [0.15, 0.2) is 0 Å². The van der Waals surface area contributed by atoms with Crippen molar-refractivity contribution < 1.29 is 93.8 Å². The monoisotopic (exact) mass is 902 g/mol. The SMILES string of the molecule is CC1COC2(CC1OC1OC(CO)C(O)C(O)C1O)OC1CC3C4CC(=O)C5CC(OC6OC(COC7OCC(O)C(O)C7O)C(O)C(O)C6O)CCC5(C)C4CCC3(C)C1C2C. The number of carbonyl (C=O) groups excluding carboxylic acids is 1. The fraction of sp³-hybridized carbons (Fsp3) is 0.977. The highest BCUT2D eigenvalue weighted by molar-refractivity contribution is 5.83. The second-order valence-electron chi connectivity index (χ2n) is 21.2. The van der Waals surface area contributed by atoms with Gasteiger partial charge in [0.1, 0.15) is 72.9 Å². The normalized spacial score (nSPS) is 58.2. The molecule has 5 heterocycles. The van der Waals surface area contributed by atoms with E-state index in [9.17, 15) is 55.9 Å². The highest BCUT2D eigenvalue weighted by atomic mass is 16.7. The second kappa shape index (κ2) is 17.5. The molecule has 4 saturated carbocycles. The van der Waals surface area contributed by atoms with E-state index in [0.29, 0.717) is 38.2 Å². The molecule has 0 aromatic heterocycles. The van der Waals surface area contributed by atoms with Crippen molar-refractivity contribution in [3.63, 3.8) is 0 Å². The van der Waals surface area contributed by atoms with Crippen LogP contribution in [0.5, 0.6) is 0 Å². The first-order chi connectivity index (χ1) is 29.8. The lowest BCUT2D eigenvalue weighted by molar-refractivity contribution is -0.344. The lowest BCUT2D eigenvalue weighted by atomic mass is 9.44. The first-order valence-corrected chi connectivity index (χ1v) is 23.2. The number of rotatable bonds is 8. The van der Waals surface area contributed by atoms with Crippen molar-refractivity contribution in [2.24, 2.45) is 52.3 Å². The average Bonchev–Trinajstić information content (AvgIpc) is 3.70. The molecule has 9 rings (SSSR count). The van der Waals surface area contributed by atoms with Gasteiger partial charge in [-0.05, 0) is 73.0 Å². The molecule has 0 bridgehead atoms. The van der Waals surface area contributed by atoms with Crippen molar-refractivity contribution in [3.8, 4) is 0 Å². The van der Waals surface area contributed by atoms with E-state index >= 15 is 0 Å². The molecule has 0 aromatic carbocycles. The van der Waals surface area contributed by atoms with Crippen LogP contribution in [-0.2, 0) is 42.7 Å². The second-order valence-corrected chi connectivity index (χ2v) is 21.2. The average molecular weight is 903 g/mol. The number of ketones is 1. The molecule has 1 spiro atoms. The third-order valence-corrected chi connectivity index (χ3v) is 17.8. The summed E-state index contributed by atoms with van der Waals surface area (Å²) < 4.78 is 48.7. The maximum atomic E-state index is 14.4. The topological polar surface area (TPSA) is 293 Å². The van der Waals surface area contributed by atoms with E-state index in [0.717, 1.165) is 25.7 Å². The quantitative estimate of drug-likeness (QED) is 0.119. The van der Waals surface area contributed by atoms with E-state index in [1.54, 1.807) is 0 Å². The summed E-state index contributed by atoms with van der Waals surface area (Å²) in [4.78, 5) is 14.4. The van der Waals surface area contributed by atoms with Gasteiger partial charge in [0.2, 0.25) is 0 Å². The van der Waals surface area contributed by atoms with Gasteiger partial charge in [-0.2, -0.15) is 0 Å². The number of aliphatic hydroxyl groups is 10. The number of Topliss-reactive ketones (excluding diaryl/α,β-unsaturated/α-hetero) is 1. The molecule has 19 nitrogen and oxygen atoms in total. The summed E-state index contributed by atoms with van der Waals surface area (Å²) in [6, 6.07) is 0. The Morgan fingerprint density at radius 2 is 1.37 bits per heavy atom. The molecular weight excluding hydrogens is 832 g/mol. The Labute approximate surface area is 366 Å². The van der Waals surface area contributed by atoms with E-state index in [2.05, 4.69) is 20.8 Å². The number of hydrogen-bond donors (Lipinski definition) is 10. The summed E-state index contributed by atoms with van der Waals surface area (Å²) in [7, 11) is 0. The predicted octanol–water partition coefficient (Wildman–Crippen LogP) is -1.94. The fourth-order valence-electron chi connectivity index (χ4n) is 14.1. The summed E-state index contributed by atoms with van der Waals surface area (Å²) in [5.74, 6) is -0.228. The zero-order valence-electron chi connectivity index (χ0n) is 36.5. The molecular formula is C44H70O19. The Hall–Kier alpha value is -1.05. The van der Waals surface area contributed by atoms with Crippen LogP contribution in [0.3, 0.4) is 0 Å². The van der Waals surface area contributed by atoms with Crippen LogP contribution in [0.4, 0.5) is 0 Å². The number of fused-ring (bicyclic) bond motifs is 7. The summed E-state index contributed by atoms with van der Waals surface area (Å²) in [5, 5.41) is 104. The van der Waals surface area contributed by atoms with E-state index in [-0.39, 0.29) is 71.4 Å². The van der Waals surface area contributed by atoms with Crippen molar-refractivity contribution in [2.75, 3.05) is 26.4 Å². The van der Waals surface area contributed by atoms with Crippen LogP contribution < -0.4 is 0 Å². The predicted molar refractivity (Wildman–Crippen MR) is 211 cm³/mol. The number of ether oxygens (including phenoxy) is 8. The Kier molecular flexibility index (Phi) is 13.0. The lowest BCUT2D eigenvalue weighted by Gasteiger charge is -2.60. The number of carbonyl (C=O) groups is 1. The largest absolute Gasteiger partial charge is 0.394 e. The Morgan fingerprint density at radius 1 is 0.714 bits per heavy atom. The summed E-state index contributed by atoms with van der Waals surface area (Å²) in [5.41, 5.74) is -0.387. The van der Waals surface area contributed by atoms with Crippen molar-refractivity contribution in [1.29, 1.82) is 0 Å². The van der Waals surface area contributed by atoms with Crippen LogP contribution in [0.2, 0.25) is 0 Å². The molecule has 27 unspecified atom stereocenters. The van der Waals surface area contributed by atoms with Gasteiger partial charge in [-0.3, -0.25) is 4.79 Å². The van der Waals surface area contributed by atoms with E-state index in [1.807, 2.05) is 6.92 Å². The first-order valence-electron chi connectivity index (χ1n) is 23.2. The molecule has 63 heavy (non-hydrogen) atoms. The molecule has 4 aliphatic carbocycles. The van der Waals surface area contributed by atoms with Crippen LogP contribution in [0, 0.1) is 52.3 Å². The Morgan fingerprint density at radius 3 is 2.08 bits per heavy atom. The number of hydrogen-bond acceptors (Lipinski definition) is 19. The molecule has 0 aromatic rings. The molecule has 5 aliphatic heterocycles. The summed E-state index contributed by atoms with van der Waals surface area (Å²) in [6.45, 7) is 7.91. The fourth-order valence-corrected chi connectivity index (χ4v) is 14.1. The van der Waals surface area contributed by atoms with Crippen LogP contribution in [0.25, 0.3) is 0 Å².